The number of nitrogens with one attached hydrogen (secondary N) is 2. The van der Waals surface area contributed by atoms with Crippen LogP contribution in [-0.2, 0) is 4.79 Å². The molecule has 0 saturated heterocycles. The lowest BCUT2D eigenvalue weighted by Gasteiger charge is -2.40. The summed E-state index contributed by atoms with van der Waals surface area (Å²) in [6.45, 7) is 2.41. The van der Waals surface area contributed by atoms with E-state index >= 15 is 0 Å². The molecule has 1 unspecified atom stereocenters. The van der Waals surface area contributed by atoms with Crippen molar-refractivity contribution in [2.45, 2.75) is 38.6 Å². The molecule has 6 heteroatoms. The van der Waals surface area contributed by atoms with Gasteiger partial charge in [-0.1, -0.05) is 6.42 Å². The lowest BCUT2D eigenvalue weighted by molar-refractivity contribution is -0.141. The summed E-state index contributed by atoms with van der Waals surface area (Å²) in [4.78, 5) is 22.4. The molecule has 0 heterocycles. The minimum atomic E-state index is -0.785. The highest BCUT2D eigenvalue weighted by Crippen LogP contribution is 2.43. The topological polar surface area (TPSA) is 78.4 Å². The first kappa shape index (κ1) is 15.1. The number of urea groups is 1. The Labute approximate surface area is 112 Å². The van der Waals surface area contributed by atoms with E-state index in [9.17, 15) is 9.59 Å². The van der Waals surface area contributed by atoms with E-state index in [1.54, 1.807) is 11.8 Å². The summed E-state index contributed by atoms with van der Waals surface area (Å²) < 4.78 is 0. The molecule has 104 valence electrons. The Morgan fingerprint density at radius 2 is 2.11 bits per heavy atom. The number of carbonyl (C=O) groups is 2. The molecule has 1 saturated carbocycles. The van der Waals surface area contributed by atoms with Crippen LogP contribution in [0.4, 0.5) is 4.79 Å². The van der Waals surface area contributed by atoms with Crippen LogP contribution in [-0.4, -0.2) is 41.7 Å². The van der Waals surface area contributed by atoms with Crippen molar-refractivity contribution in [3.05, 3.63) is 0 Å². The Kier molecular flexibility index (Phi) is 5.78. The second-order valence-electron chi connectivity index (χ2n) is 5.11. The highest BCUT2D eigenvalue weighted by atomic mass is 32.2. The van der Waals surface area contributed by atoms with Gasteiger partial charge in [0.05, 0.1) is 6.42 Å². The first-order valence-electron chi connectivity index (χ1n) is 6.22. The maximum Gasteiger partial charge on any atom is 0.315 e. The number of carbonyl (C=O) groups excluding carboxylic acids is 1. The third-order valence-electron chi connectivity index (χ3n) is 3.36. The second kappa shape index (κ2) is 6.87. The third kappa shape index (κ3) is 4.76. The highest BCUT2D eigenvalue weighted by Gasteiger charge is 2.39. The Morgan fingerprint density at radius 3 is 2.56 bits per heavy atom. The van der Waals surface area contributed by atoms with Crippen molar-refractivity contribution in [2.24, 2.45) is 5.41 Å². The molecule has 0 aromatic rings. The largest absolute Gasteiger partial charge is 0.481 e. The van der Waals surface area contributed by atoms with Gasteiger partial charge in [0.2, 0.25) is 0 Å². The van der Waals surface area contributed by atoms with Gasteiger partial charge in [0, 0.05) is 18.3 Å². The molecule has 1 aliphatic carbocycles. The van der Waals surface area contributed by atoms with E-state index in [0.717, 1.165) is 25.0 Å². The van der Waals surface area contributed by atoms with Crippen molar-refractivity contribution >= 4 is 23.8 Å². The monoisotopic (exact) mass is 274 g/mol. The number of thioether (sulfide) groups is 1. The molecule has 1 atom stereocenters. The van der Waals surface area contributed by atoms with Crippen LogP contribution >= 0.6 is 11.8 Å². The van der Waals surface area contributed by atoms with Gasteiger partial charge in [-0.3, -0.25) is 4.79 Å². The van der Waals surface area contributed by atoms with Crippen LogP contribution in [0.3, 0.4) is 0 Å². The van der Waals surface area contributed by atoms with Crippen LogP contribution in [0, 0.1) is 5.41 Å². The van der Waals surface area contributed by atoms with Crippen LogP contribution in [0.15, 0.2) is 0 Å². The molecule has 0 radical (unpaired) electrons. The minimum absolute atomic E-state index is 0.122. The lowest BCUT2D eigenvalue weighted by atomic mass is 9.66. The SMILES string of the molecule is CSCC(C)NC(=O)NCC1(CC(=O)O)CCC1. The van der Waals surface area contributed by atoms with Gasteiger partial charge < -0.3 is 15.7 Å². The van der Waals surface area contributed by atoms with E-state index in [0.29, 0.717) is 6.54 Å². The molecule has 3 N–H and O–H groups in total. The summed E-state index contributed by atoms with van der Waals surface area (Å²) in [5.41, 5.74) is -0.216. The zero-order valence-corrected chi connectivity index (χ0v) is 11.8. The van der Waals surface area contributed by atoms with E-state index in [1.807, 2.05) is 13.2 Å². The summed E-state index contributed by atoms with van der Waals surface area (Å²) in [6.07, 6.45) is 4.97. The van der Waals surface area contributed by atoms with Crippen molar-refractivity contribution in [1.29, 1.82) is 0 Å². The van der Waals surface area contributed by atoms with E-state index < -0.39 is 5.97 Å². The molecule has 1 fully saturated rings. The van der Waals surface area contributed by atoms with Crippen molar-refractivity contribution in [1.82, 2.24) is 10.6 Å². The van der Waals surface area contributed by atoms with E-state index in [4.69, 9.17) is 5.11 Å². The first-order chi connectivity index (χ1) is 8.47. The quantitative estimate of drug-likeness (QED) is 0.660. The summed E-state index contributed by atoms with van der Waals surface area (Å²) in [7, 11) is 0. The molecule has 2 amide bonds. The van der Waals surface area contributed by atoms with Gasteiger partial charge in [0.15, 0.2) is 0 Å². The van der Waals surface area contributed by atoms with Crippen LogP contribution in [0.1, 0.15) is 32.6 Å². The lowest BCUT2D eigenvalue weighted by Crippen LogP contribution is -2.48. The average molecular weight is 274 g/mol. The van der Waals surface area contributed by atoms with Crippen LogP contribution in [0.25, 0.3) is 0 Å². The highest BCUT2D eigenvalue weighted by molar-refractivity contribution is 7.98. The first-order valence-corrected chi connectivity index (χ1v) is 7.62. The Hall–Kier alpha value is -0.910. The molecule has 0 bridgehead atoms. The zero-order valence-electron chi connectivity index (χ0n) is 11.0. The molecular weight excluding hydrogens is 252 g/mol. The molecule has 0 aromatic heterocycles. The van der Waals surface area contributed by atoms with E-state index in [-0.39, 0.29) is 23.9 Å². The van der Waals surface area contributed by atoms with Crippen molar-refractivity contribution in [3.8, 4) is 0 Å². The number of aliphatic carboxylic acids is 1. The predicted octanol–water partition coefficient (Wildman–Crippen LogP) is 1.68. The standard InChI is InChI=1S/C12H22N2O3S/c1-9(7-18-2)14-11(17)13-8-12(4-3-5-12)6-10(15)16/h9H,3-8H2,1-2H3,(H,15,16)(H2,13,14,17). The Bertz CT molecular complexity index is 306. The molecule has 1 rings (SSSR count). The van der Waals surface area contributed by atoms with Crippen molar-refractivity contribution < 1.29 is 14.7 Å². The Balaban J connectivity index is 2.30. The van der Waals surface area contributed by atoms with Gasteiger partial charge in [-0.2, -0.15) is 11.8 Å². The smallest absolute Gasteiger partial charge is 0.315 e. The van der Waals surface area contributed by atoms with Gasteiger partial charge >= 0.3 is 12.0 Å². The molecule has 0 spiro atoms. The van der Waals surface area contributed by atoms with Gasteiger partial charge in [-0.15, -0.1) is 0 Å². The van der Waals surface area contributed by atoms with E-state index in [2.05, 4.69) is 10.6 Å². The van der Waals surface area contributed by atoms with Gasteiger partial charge in [-0.05, 0) is 31.4 Å². The number of amides is 2. The molecule has 1 aliphatic rings. The molecule has 18 heavy (non-hydrogen) atoms. The summed E-state index contributed by atoms with van der Waals surface area (Å²) in [5.74, 6) is 0.0842. The fraction of sp³-hybridized carbons (Fsp3) is 0.833. The fourth-order valence-corrected chi connectivity index (χ4v) is 2.83. The normalized spacial score (nSPS) is 18.6. The van der Waals surface area contributed by atoms with E-state index in [1.165, 1.54) is 0 Å². The summed E-state index contributed by atoms with van der Waals surface area (Å²) in [6, 6.07) is -0.0787. The Morgan fingerprint density at radius 1 is 1.44 bits per heavy atom. The molecular formula is C12H22N2O3S. The third-order valence-corrected chi connectivity index (χ3v) is 4.19. The zero-order chi connectivity index (χ0) is 13.6. The summed E-state index contributed by atoms with van der Waals surface area (Å²) in [5, 5.41) is 14.5. The number of carboxylic acids is 1. The van der Waals surface area contributed by atoms with Crippen LogP contribution < -0.4 is 10.6 Å². The van der Waals surface area contributed by atoms with Gasteiger partial charge in [0.1, 0.15) is 0 Å². The number of carboxylic acid groups (broad SMARTS) is 1. The molecule has 0 aliphatic heterocycles. The maximum atomic E-state index is 11.6. The van der Waals surface area contributed by atoms with Crippen molar-refractivity contribution in [2.75, 3.05) is 18.6 Å². The molecule has 0 aromatic carbocycles. The van der Waals surface area contributed by atoms with Crippen LogP contribution in [0.5, 0.6) is 0 Å². The minimum Gasteiger partial charge on any atom is -0.481 e. The maximum absolute atomic E-state index is 11.6. The van der Waals surface area contributed by atoms with Crippen LogP contribution in [0.2, 0.25) is 0 Å². The number of hydrogen-bond acceptors (Lipinski definition) is 3. The fourth-order valence-electron chi connectivity index (χ4n) is 2.25. The second-order valence-corrected chi connectivity index (χ2v) is 6.02. The molecule has 5 nitrogen and oxygen atoms in total. The van der Waals surface area contributed by atoms with Gasteiger partial charge in [0.25, 0.3) is 0 Å². The van der Waals surface area contributed by atoms with Crippen molar-refractivity contribution in [3.63, 3.8) is 0 Å². The number of rotatable bonds is 7. The summed E-state index contributed by atoms with van der Waals surface area (Å²) >= 11 is 1.68. The van der Waals surface area contributed by atoms with Gasteiger partial charge in [-0.25, -0.2) is 4.79 Å². The average Bonchev–Trinajstić information content (AvgIpc) is 2.21. The number of hydrogen-bond donors (Lipinski definition) is 3. The predicted molar refractivity (Wildman–Crippen MR) is 72.9 cm³/mol.